The van der Waals surface area contributed by atoms with Crippen LogP contribution in [0.2, 0.25) is 0 Å². The van der Waals surface area contributed by atoms with E-state index in [0.29, 0.717) is 16.0 Å². The van der Waals surface area contributed by atoms with Crippen molar-refractivity contribution in [2.75, 3.05) is 0 Å². The molecule has 0 spiro atoms. The van der Waals surface area contributed by atoms with Crippen molar-refractivity contribution < 1.29 is 14.0 Å². The fraction of sp³-hybridized carbons (Fsp3) is 0.0417. The number of rotatable bonds is 7. The number of nitrogens with one attached hydrogen (secondary N) is 2. The molecule has 2 aromatic carbocycles. The van der Waals surface area contributed by atoms with E-state index < -0.39 is 11.8 Å². The summed E-state index contributed by atoms with van der Waals surface area (Å²) in [5.74, 6) is -0.540. The Labute approximate surface area is 202 Å². The molecule has 0 fully saturated rings. The van der Waals surface area contributed by atoms with Crippen LogP contribution in [0.5, 0.6) is 0 Å². The molecule has 1 heterocycles. The predicted molar refractivity (Wildman–Crippen MR) is 132 cm³/mol. The van der Waals surface area contributed by atoms with Crippen LogP contribution in [-0.4, -0.2) is 18.0 Å². The van der Waals surface area contributed by atoms with Gasteiger partial charge in [0, 0.05) is 11.6 Å². The molecule has 0 saturated heterocycles. The monoisotopic (exact) mass is 555 g/mol. The van der Waals surface area contributed by atoms with E-state index in [1.807, 2.05) is 49.4 Å². The van der Waals surface area contributed by atoms with Gasteiger partial charge in [-0.05, 0) is 68.1 Å². The molecule has 0 radical (unpaired) electrons. The summed E-state index contributed by atoms with van der Waals surface area (Å²) in [5, 5.41) is 6.59. The van der Waals surface area contributed by atoms with Gasteiger partial charge in [-0.25, -0.2) is 5.43 Å². The molecule has 1 aromatic heterocycles. The molecule has 2 amide bonds. The second-order valence-electron chi connectivity index (χ2n) is 6.65. The first-order valence-electron chi connectivity index (χ1n) is 9.52. The van der Waals surface area contributed by atoms with Crippen molar-refractivity contribution in [2.45, 2.75) is 6.92 Å². The molecule has 0 atom stereocenters. The van der Waals surface area contributed by atoms with Gasteiger partial charge in [-0.3, -0.25) is 9.59 Å². The fourth-order valence-electron chi connectivity index (χ4n) is 2.67. The number of amides is 2. The second-order valence-corrected chi connectivity index (χ2v) is 8.22. The average Bonchev–Trinajstić information content (AvgIpc) is 3.11. The molecule has 6 nitrogen and oxygen atoms in total. The summed E-state index contributed by atoms with van der Waals surface area (Å²) in [6, 6.07) is 20.0. The third-order valence-electron chi connectivity index (χ3n) is 4.12. The van der Waals surface area contributed by atoms with Crippen LogP contribution < -0.4 is 10.7 Å². The number of hydrazone groups is 1. The van der Waals surface area contributed by atoms with E-state index in [0.717, 1.165) is 15.6 Å². The highest BCUT2D eigenvalue weighted by atomic mass is 79.9. The van der Waals surface area contributed by atoms with Gasteiger partial charge in [-0.1, -0.05) is 54.6 Å². The summed E-state index contributed by atoms with van der Waals surface area (Å²) in [6.07, 6.45) is 4.86. The third-order valence-corrected chi connectivity index (χ3v) is 5.83. The van der Waals surface area contributed by atoms with Crippen LogP contribution in [0.25, 0.3) is 6.08 Å². The van der Waals surface area contributed by atoms with E-state index >= 15 is 0 Å². The molecule has 0 saturated carbocycles. The molecule has 0 bridgehead atoms. The van der Waals surface area contributed by atoms with Gasteiger partial charge in [-0.15, -0.1) is 0 Å². The molecule has 0 aliphatic carbocycles. The molecular weight excluding hydrogens is 538 g/mol. The Balaban J connectivity index is 1.80. The largest absolute Gasteiger partial charge is 0.447 e. The van der Waals surface area contributed by atoms with Crippen LogP contribution in [0.3, 0.4) is 0 Å². The lowest BCUT2D eigenvalue weighted by Gasteiger charge is -2.09. The zero-order valence-corrected chi connectivity index (χ0v) is 20.2. The van der Waals surface area contributed by atoms with Crippen LogP contribution in [0.1, 0.15) is 28.6 Å². The van der Waals surface area contributed by atoms with Crippen molar-refractivity contribution in [3.63, 3.8) is 0 Å². The Morgan fingerprint density at radius 3 is 2.28 bits per heavy atom. The fourth-order valence-corrected chi connectivity index (χ4v) is 3.27. The van der Waals surface area contributed by atoms with E-state index in [-0.39, 0.29) is 5.70 Å². The minimum Gasteiger partial charge on any atom is -0.447 e. The lowest BCUT2D eigenvalue weighted by atomic mass is 10.1. The SMILES string of the molecule is CC(=C/c1ccccc1)/C=C(/NC(=O)c1ccccc1)C(=O)N/N=C/c1cc(Br)c(Br)o1. The summed E-state index contributed by atoms with van der Waals surface area (Å²) in [7, 11) is 0. The van der Waals surface area contributed by atoms with E-state index in [1.165, 1.54) is 6.21 Å². The summed E-state index contributed by atoms with van der Waals surface area (Å²) in [6.45, 7) is 1.84. The smallest absolute Gasteiger partial charge is 0.287 e. The van der Waals surface area contributed by atoms with Gasteiger partial charge in [-0.2, -0.15) is 5.10 Å². The molecule has 0 aliphatic rings. The molecule has 2 N–H and O–H groups in total. The lowest BCUT2D eigenvalue weighted by molar-refractivity contribution is -0.117. The highest BCUT2D eigenvalue weighted by Crippen LogP contribution is 2.25. The molecule has 32 heavy (non-hydrogen) atoms. The van der Waals surface area contributed by atoms with Gasteiger partial charge in [0.15, 0.2) is 4.67 Å². The Morgan fingerprint density at radius 2 is 1.66 bits per heavy atom. The van der Waals surface area contributed by atoms with Gasteiger partial charge in [0.2, 0.25) is 0 Å². The van der Waals surface area contributed by atoms with E-state index in [4.69, 9.17) is 4.42 Å². The number of furan rings is 1. The summed E-state index contributed by atoms with van der Waals surface area (Å²) in [4.78, 5) is 25.4. The van der Waals surface area contributed by atoms with Gasteiger partial charge in [0.1, 0.15) is 11.5 Å². The number of nitrogens with zero attached hydrogens (tertiary/aromatic N) is 1. The van der Waals surface area contributed by atoms with Gasteiger partial charge in [0.25, 0.3) is 11.8 Å². The highest BCUT2D eigenvalue weighted by Gasteiger charge is 2.14. The molecule has 0 unspecified atom stereocenters. The van der Waals surface area contributed by atoms with Gasteiger partial charge >= 0.3 is 0 Å². The molecule has 3 rings (SSSR count). The first kappa shape index (κ1) is 23.4. The standard InChI is InChI=1S/C24H19Br2N3O3/c1-16(12-17-8-4-2-5-9-17)13-21(28-23(30)18-10-6-3-7-11-18)24(31)29-27-15-19-14-20(25)22(26)32-19/h2-15H,1H3,(H,28,30)(H,29,31)/b16-12-,21-13+,27-15+. The van der Waals surface area contributed by atoms with Crippen molar-refractivity contribution in [1.29, 1.82) is 0 Å². The maximum Gasteiger partial charge on any atom is 0.287 e. The number of hydrogen-bond acceptors (Lipinski definition) is 4. The summed E-state index contributed by atoms with van der Waals surface area (Å²) in [5.41, 5.74) is 4.66. The van der Waals surface area contributed by atoms with E-state index in [9.17, 15) is 9.59 Å². The third kappa shape index (κ3) is 6.90. The normalized spacial score (nSPS) is 12.1. The number of carbonyl (C=O) groups excluding carboxylic acids is 2. The molecule has 0 aliphatic heterocycles. The van der Waals surface area contributed by atoms with Gasteiger partial charge in [0.05, 0.1) is 10.7 Å². The Morgan fingerprint density at radius 1 is 1.00 bits per heavy atom. The van der Waals surface area contributed by atoms with Crippen molar-refractivity contribution in [2.24, 2.45) is 5.10 Å². The van der Waals surface area contributed by atoms with E-state index in [2.05, 4.69) is 47.7 Å². The van der Waals surface area contributed by atoms with Crippen molar-refractivity contribution in [3.8, 4) is 0 Å². The highest BCUT2D eigenvalue weighted by molar-refractivity contribution is 9.13. The number of benzene rings is 2. The first-order valence-corrected chi connectivity index (χ1v) is 11.1. The van der Waals surface area contributed by atoms with Crippen molar-refractivity contribution in [1.82, 2.24) is 10.7 Å². The number of allylic oxidation sites excluding steroid dienone is 2. The molecule has 162 valence electrons. The maximum absolute atomic E-state index is 12.8. The summed E-state index contributed by atoms with van der Waals surface area (Å²) >= 11 is 6.55. The molecular formula is C24H19Br2N3O3. The number of halogens is 2. The zero-order chi connectivity index (χ0) is 22.9. The average molecular weight is 557 g/mol. The molecule has 3 aromatic rings. The lowest BCUT2D eigenvalue weighted by Crippen LogP contribution is -2.33. The number of carbonyl (C=O) groups is 2. The second kappa shape index (κ2) is 11.4. The van der Waals surface area contributed by atoms with Crippen LogP contribution in [-0.2, 0) is 4.79 Å². The van der Waals surface area contributed by atoms with E-state index in [1.54, 1.807) is 36.4 Å². The molecule has 8 heteroatoms. The summed E-state index contributed by atoms with van der Waals surface area (Å²) < 4.78 is 6.63. The Bertz CT molecular complexity index is 1160. The van der Waals surface area contributed by atoms with Crippen LogP contribution in [0, 0.1) is 0 Å². The first-order chi connectivity index (χ1) is 15.4. The van der Waals surface area contributed by atoms with Gasteiger partial charge < -0.3 is 9.73 Å². The van der Waals surface area contributed by atoms with Crippen molar-refractivity contribution in [3.05, 3.63) is 110 Å². The zero-order valence-electron chi connectivity index (χ0n) is 17.0. The van der Waals surface area contributed by atoms with Crippen LogP contribution in [0.4, 0.5) is 0 Å². The Hall–Kier alpha value is -3.23. The Kier molecular flexibility index (Phi) is 8.35. The van der Waals surface area contributed by atoms with Crippen LogP contribution in [0.15, 0.2) is 103 Å². The van der Waals surface area contributed by atoms with Crippen LogP contribution >= 0.6 is 31.9 Å². The topological polar surface area (TPSA) is 83.7 Å². The predicted octanol–water partition coefficient (Wildman–Crippen LogP) is 5.67. The quantitative estimate of drug-likeness (QED) is 0.170. The minimum absolute atomic E-state index is 0.0579. The minimum atomic E-state index is -0.573. The number of hydrogen-bond donors (Lipinski definition) is 2. The maximum atomic E-state index is 12.8. The van der Waals surface area contributed by atoms with Crippen molar-refractivity contribution >= 4 is 56.0 Å².